The van der Waals surface area contributed by atoms with Crippen molar-refractivity contribution < 1.29 is 19.2 Å². The molecule has 3 aromatic heterocycles. The molecular weight excluding hydrogens is 400 g/mol. The number of carbonyl (C=O) groups is 2. The van der Waals surface area contributed by atoms with Crippen molar-refractivity contribution >= 4 is 22.7 Å². The fourth-order valence-electron chi connectivity index (χ4n) is 3.80. The van der Waals surface area contributed by atoms with E-state index >= 15 is 0 Å². The van der Waals surface area contributed by atoms with Gasteiger partial charge in [-0.1, -0.05) is 23.4 Å². The summed E-state index contributed by atoms with van der Waals surface area (Å²) in [5.74, 6) is -0.968. The fourth-order valence-corrected chi connectivity index (χ4v) is 3.80. The molecule has 0 bridgehead atoms. The topological polar surface area (TPSA) is 151 Å². The number of aromatic amines is 1. The Hall–Kier alpha value is -4.05. The number of amides is 2. The van der Waals surface area contributed by atoms with Gasteiger partial charge in [0.25, 0.3) is 11.8 Å². The quantitative estimate of drug-likeness (QED) is 0.453. The van der Waals surface area contributed by atoms with Crippen LogP contribution in [0.5, 0.6) is 0 Å². The number of benzene rings is 1. The van der Waals surface area contributed by atoms with Crippen molar-refractivity contribution in [1.29, 1.82) is 0 Å². The highest BCUT2D eigenvalue weighted by Crippen LogP contribution is 2.35. The standard InChI is InChI=1S/C21H18N6O4/c1-27-6-5-21(30,20(27)29)16-9-15(26-31-16)12-4-2-3-11(7-12)14-8-13-10-23-25-17(13)18(24-14)19(22)28/h2-4,7-10,30H,5-6H2,1H3,(H2,22,28)(H,23,25). The molecule has 1 fully saturated rings. The Morgan fingerprint density at radius 1 is 1.26 bits per heavy atom. The van der Waals surface area contributed by atoms with Gasteiger partial charge >= 0.3 is 0 Å². The molecule has 0 aliphatic carbocycles. The van der Waals surface area contributed by atoms with Gasteiger partial charge < -0.3 is 20.3 Å². The predicted molar refractivity (Wildman–Crippen MR) is 109 cm³/mol. The van der Waals surface area contributed by atoms with Crippen LogP contribution in [-0.2, 0) is 10.4 Å². The Bertz CT molecular complexity index is 1340. The third kappa shape index (κ3) is 2.96. The molecular formula is C21H18N6O4. The number of hydrogen-bond donors (Lipinski definition) is 3. The Morgan fingerprint density at radius 3 is 2.74 bits per heavy atom. The third-order valence-corrected chi connectivity index (χ3v) is 5.54. The van der Waals surface area contributed by atoms with Crippen molar-refractivity contribution in [2.75, 3.05) is 13.6 Å². The van der Waals surface area contributed by atoms with Crippen molar-refractivity contribution in [3.63, 3.8) is 0 Å². The molecule has 1 aromatic carbocycles. The molecule has 10 nitrogen and oxygen atoms in total. The van der Waals surface area contributed by atoms with Crippen molar-refractivity contribution in [2.24, 2.45) is 5.73 Å². The summed E-state index contributed by atoms with van der Waals surface area (Å²) in [6, 6.07) is 10.7. The zero-order chi connectivity index (χ0) is 21.8. The van der Waals surface area contributed by atoms with Gasteiger partial charge in [-0.25, -0.2) is 4.98 Å². The Labute approximate surface area is 175 Å². The van der Waals surface area contributed by atoms with Gasteiger partial charge in [0.05, 0.1) is 17.4 Å². The highest BCUT2D eigenvalue weighted by molar-refractivity contribution is 6.03. The van der Waals surface area contributed by atoms with Crippen molar-refractivity contribution in [1.82, 2.24) is 25.2 Å². The van der Waals surface area contributed by atoms with Crippen molar-refractivity contribution in [2.45, 2.75) is 12.0 Å². The number of aliphatic hydroxyl groups is 1. The molecule has 1 aliphatic heterocycles. The Morgan fingerprint density at radius 2 is 2.03 bits per heavy atom. The number of nitrogens with two attached hydrogens (primary N) is 1. The summed E-state index contributed by atoms with van der Waals surface area (Å²) in [5.41, 5.74) is 6.78. The molecule has 4 heterocycles. The van der Waals surface area contributed by atoms with E-state index in [-0.39, 0.29) is 17.9 Å². The van der Waals surface area contributed by atoms with Crippen LogP contribution in [0.1, 0.15) is 22.7 Å². The Balaban J connectivity index is 1.54. The number of nitrogens with zero attached hydrogens (tertiary/aromatic N) is 4. The van der Waals surface area contributed by atoms with E-state index in [1.54, 1.807) is 25.4 Å². The number of fused-ring (bicyclic) bond motifs is 1. The summed E-state index contributed by atoms with van der Waals surface area (Å²) in [5, 5.41) is 22.2. The summed E-state index contributed by atoms with van der Waals surface area (Å²) in [6.07, 6.45) is 1.83. The maximum absolute atomic E-state index is 12.3. The average molecular weight is 418 g/mol. The van der Waals surface area contributed by atoms with Crippen LogP contribution in [0.15, 0.2) is 47.1 Å². The second-order valence-corrected chi connectivity index (χ2v) is 7.55. The summed E-state index contributed by atoms with van der Waals surface area (Å²) in [6.45, 7) is 0.436. The van der Waals surface area contributed by atoms with Crippen LogP contribution in [0.4, 0.5) is 0 Å². The van der Waals surface area contributed by atoms with Crippen LogP contribution in [0.2, 0.25) is 0 Å². The van der Waals surface area contributed by atoms with E-state index in [4.69, 9.17) is 10.3 Å². The molecule has 4 aromatic rings. The van der Waals surface area contributed by atoms with E-state index in [0.29, 0.717) is 34.4 Å². The average Bonchev–Trinajstić information content (AvgIpc) is 3.50. The van der Waals surface area contributed by atoms with Gasteiger partial charge in [0.2, 0.25) is 5.60 Å². The minimum Gasteiger partial charge on any atom is -0.373 e. The van der Waals surface area contributed by atoms with Crippen molar-refractivity contribution in [3.8, 4) is 22.5 Å². The summed E-state index contributed by atoms with van der Waals surface area (Å²) in [7, 11) is 1.63. The molecule has 2 amide bonds. The number of likely N-dealkylation sites (tertiary alicyclic amines) is 1. The maximum Gasteiger partial charge on any atom is 0.269 e. The number of nitrogens with one attached hydrogen (secondary N) is 1. The van der Waals surface area contributed by atoms with Crippen LogP contribution >= 0.6 is 0 Å². The van der Waals surface area contributed by atoms with E-state index < -0.39 is 17.4 Å². The Kier molecular flexibility index (Phi) is 4.12. The summed E-state index contributed by atoms with van der Waals surface area (Å²) in [4.78, 5) is 30.0. The summed E-state index contributed by atoms with van der Waals surface area (Å²) >= 11 is 0. The predicted octanol–water partition coefficient (Wildman–Crippen LogP) is 1.43. The lowest BCUT2D eigenvalue weighted by molar-refractivity contribution is -0.144. The van der Waals surface area contributed by atoms with Gasteiger partial charge in [-0.2, -0.15) is 5.10 Å². The van der Waals surface area contributed by atoms with E-state index in [2.05, 4.69) is 20.3 Å². The second-order valence-electron chi connectivity index (χ2n) is 7.55. The zero-order valence-electron chi connectivity index (χ0n) is 16.5. The van der Waals surface area contributed by atoms with Gasteiger partial charge in [0, 0.05) is 42.6 Å². The van der Waals surface area contributed by atoms with Crippen LogP contribution < -0.4 is 5.73 Å². The van der Waals surface area contributed by atoms with Crippen LogP contribution in [0, 0.1) is 0 Å². The molecule has 0 spiro atoms. The van der Waals surface area contributed by atoms with Crippen LogP contribution in [0.25, 0.3) is 33.4 Å². The number of aromatic nitrogens is 4. The number of pyridine rings is 1. The molecule has 0 saturated carbocycles. The monoisotopic (exact) mass is 418 g/mol. The number of hydrogen-bond acceptors (Lipinski definition) is 7. The molecule has 0 radical (unpaired) electrons. The van der Waals surface area contributed by atoms with E-state index in [9.17, 15) is 14.7 Å². The van der Waals surface area contributed by atoms with Crippen LogP contribution in [-0.4, -0.2) is 55.8 Å². The smallest absolute Gasteiger partial charge is 0.269 e. The minimum atomic E-state index is -1.71. The third-order valence-electron chi connectivity index (χ3n) is 5.54. The summed E-state index contributed by atoms with van der Waals surface area (Å²) < 4.78 is 5.33. The first-order valence-corrected chi connectivity index (χ1v) is 9.57. The molecule has 1 saturated heterocycles. The number of rotatable bonds is 4. The van der Waals surface area contributed by atoms with Gasteiger partial charge in [-0.3, -0.25) is 14.7 Å². The lowest BCUT2D eigenvalue weighted by atomic mass is 9.97. The second kappa shape index (κ2) is 6.74. The molecule has 1 atom stereocenters. The molecule has 1 unspecified atom stereocenters. The van der Waals surface area contributed by atoms with E-state index in [1.807, 2.05) is 24.3 Å². The largest absolute Gasteiger partial charge is 0.373 e. The maximum atomic E-state index is 12.3. The zero-order valence-corrected chi connectivity index (χ0v) is 16.5. The minimum absolute atomic E-state index is 0.102. The van der Waals surface area contributed by atoms with Gasteiger partial charge in [-0.05, 0) is 12.1 Å². The van der Waals surface area contributed by atoms with Gasteiger partial charge in [0.15, 0.2) is 11.5 Å². The molecule has 1 aliphatic rings. The van der Waals surface area contributed by atoms with E-state index in [1.165, 1.54) is 4.90 Å². The molecule has 31 heavy (non-hydrogen) atoms. The highest BCUT2D eigenvalue weighted by atomic mass is 16.5. The molecule has 4 N–H and O–H groups in total. The SMILES string of the molecule is CN1CCC(O)(c2cc(-c3cccc(-c4cc5cn[nH]c5c(C(N)=O)n4)c3)no2)C1=O. The molecule has 5 rings (SSSR count). The normalized spacial score (nSPS) is 18.8. The first-order valence-electron chi connectivity index (χ1n) is 9.57. The number of primary amides is 1. The van der Waals surface area contributed by atoms with Gasteiger partial charge in [-0.15, -0.1) is 0 Å². The highest BCUT2D eigenvalue weighted by Gasteiger charge is 2.48. The fraction of sp³-hybridized carbons (Fsp3) is 0.190. The van der Waals surface area contributed by atoms with Crippen molar-refractivity contribution in [3.05, 3.63) is 54.0 Å². The molecule has 10 heteroatoms. The number of H-pyrrole nitrogens is 1. The van der Waals surface area contributed by atoms with E-state index in [0.717, 1.165) is 5.56 Å². The number of carbonyl (C=O) groups excluding carboxylic acids is 2. The lowest BCUT2D eigenvalue weighted by Crippen LogP contribution is -2.35. The van der Waals surface area contributed by atoms with Gasteiger partial charge in [0.1, 0.15) is 5.69 Å². The first-order chi connectivity index (χ1) is 14.9. The van der Waals surface area contributed by atoms with Crippen LogP contribution in [0.3, 0.4) is 0 Å². The lowest BCUT2D eigenvalue weighted by Gasteiger charge is -2.16. The molecule has 156 valence electrons. The first kappa shape index (κ1) is 18.9. The number of likely N-dealkylation sites (N-methyl/N-ethyl adjacent to an activating group) is 1.